The molecule has 0 aliphatic carbocycles. The van der Waals surface area contributed by atoms with Gasteiger partial charge in [-0.3, -0.25) is 4.68 Å². The number of aromatic nitrogens is 2. The average Bonchev–Trinajstić information content (AvgIpc) is 2.84. The number of hydrogen-bond donors (Lipinski definition) is 0. The Morgan fingerprint density at radius 2 is 1.80 bits per heavy atom. The zero-order valence-corrected chi connectivity index (χ0v) is 10.5. The van der Waals surface area contributed by atoms with Crippen LogP contribution in [0.3, 0.4) is 0 Å². The van der Waals surface area contributed by atoms with Crippen molar-refractivity contribution in [2.24, 2.45) is 0 Å². The number of hydrogen-bond acceptors (Lipinski definition) is 2. The minimum absolute atomic E-state index is 0.161. The Hall–Kier alpha value is -2.43. The summed E-state index contributed by atoms with van der Waals surface area (Å²) in [4.78, 5) is 0. The third-order valence-corrected chi connectivity index (χ3v) is 3.03. The number of rotatable bonds is 4. The van der Waals surface area contributed by atoms with E-state index < -0.39 is 6.61 Å². The number of fused-ring (bicyclic) bond motifs is 1. The molecule has 0 aliphatic heterocycles. The van der Waals surface area contributed by atoms with Gasteiger partial charge in [-0.25, -0.2) is 0 Å². The molecule has 0 bridgehead atoms. The van der Waals surface area contributed by atoms with Crippen molar-refractivity contribution in [3.05, 3.63) is 60.3 Å². The Bertz CT molecular complexity index is 707. The van der Waals surface area contributed by atoms with Crippen LogP contribution in [0, 0.1) is 0 Å². The molecule has 0 radical (unpaired) electrons. The molecule has 20 heavy (non-hydrogen) atoms. The maximum Gasteiger partial charge on any atom is 0.387 e. The minimum Gasteiger partial charge on any atom is -0.435 e. The van der Waals surface area contributed by atoms with Crippen LogP contribution in [0.4, 0.5) is 8.78 Å². The molecule has 1 aromatic heterocycles. The molecule has 0 aliphatic rings. The lowest BCUT2D eigenvalue weighted by molar-refractivity contribution is -0.0498. The number of ether oxygens (including phenoxy) is 1. The van der Waals surface area contributed by atoms with Crippen LogP contribution < -0.4 is 4.74 Å². The zero-order chi connectivity index (χ0) is 13.9. The highest BCUT2D eigenvalue weighted by Gasteiger charge is 2.05. The summed E-state index contributed by atoms with van der Waals surface area (Å²) in [6, 6.07) is 14.5. The van der Waals surface area contributed by atoms with Gasteiger partial charge in [0, 0.05) is 5.39 Å². The SMILES string of the molecule is FC(F)Oc1ccc(Cn2ncc3ccccc32)cc1. The minimum atomic E-state index is -2.80. The van der Waals surface area contributed by atoms with Gasteiger partial charge in [0.15, 0.2) is 0 Å². The van der Waals surface area contributed by atoms with Gasteiger partial charge >= 0.3 is 6.61 Å². The Morgan fingerprint density at radius 3 is 2.55 bits per heavy atom. The van der Waals surface area contributed by atoms with Crippen LogP contribution in [-0.2, 0) is 6.54 Å². The van der Waals surface area contributed by atoms with E-state index in [1.54, 1.807) is 12.1 Å². The first-order chi connectivity index (χ1) is 9.72. The van der Waals surface area contributed by atoms with Gasteiger partial charge in [-0.05, 0) is 23.8 Å². The van der Waals surface area contributed by atoms with Gasteiger partial charge in [-0.15, -0.1) is 0 Å². The Balaban J connectivity index is 1.80. The Morgan fingerprint density at radius 1 is 1.05 bits per heavy atom. The summed E-state index contributed by atoms with van der Waals surface area (Å²) in [7, 11) is 0. The number of benzene rings is 2. The molecule has 0 atom stereocenters. The molecule has 0 N–H and O–H groups in total. The third-order valence-electron chi connectivity index (χ3n) is 3.03. The predicted octanol–water partition coefficient (Wildman–Crippen LogP) is 3.69. The van der Waals surface area contributed by atoms with E-state index in [2.05, 4.69) is 9.84 Å². The number of halogens is 2. The number of nitrogens with zero attached hydrogens (tertiary/aromatic N) is 2. The average molecular weight is 274 g/mol. The second-order valence-corrected chi connectivity index (χ2v) is 4.38. The normalized spacial score (nSPS) is 11.2. The van der Waals surface area contributed by atoms with Crippen molar-refractivity contribution in [3.63, 3.8) is 0 Å². The lowest BCUT2D eigenvalue weighted by Crippen LogP contribution is -2.03. The molecule has 0 spiro atoms. The molecule has 3 rings (SSSR count). The van der Waals surface area contributed by atoms with Crippen LogP contribution in [0.5, 0.6) is 5.75 Å². The van der Waals surface area contributed by atoms with E-state index in [1.165, 1.54) is 12.1 Å². The third kappa shape index (κ3) is 2.61. The van der Waals surface area contributed by atoms with Crippen molar-refractivity contribution >= 4 is 10.9 Å². The lowest BCUT2D eigenvalue weighted by Gasteiger charge is -2.07. The molecule has 0 amide bonds. The first-order valence-corrected chi connectivity index (χ1v) is 6.17. The molecule has 2 aromatic carbocycles. The van der Waals surface area contributed by atoms with Gasteiger partial charge in [0.25, 0.3) is 0 Å². The molecule has 3 aromatic rings. The highest BCUT2D eigenvalue weighted by atomic mass is 19.3. The summed E-state index contributed by atoms with van der Waals surface area (Å²) in [6.45, 7) is -2.21. The predicted molar refractivity (Wildman–Crippen MR) is 71.9 cm³/mol. The van der Waals surface area contributed by atoms with Crippen molar-refractivity contribution in [2.75, 3.05) is 0 Å². The molecular weight excluding hydrogens is 262 g/mol. The van der Waals surface area contributed by atoms with E-state index in [9.17, 15) is 8.78 Å². The van der Waals surface area contributed by atoms with Gasteiger partial charge < -0.3 is 4.74 Å². The van der Waals surface area contributed by atoms with E-state index in [0.29, 0.717) is 6.54 Å². The first-order valence-electron chi connectivity index (χ1n) is 6.17. The molecule has 0 unspecified atom stereocenters. The van der Waals surface area contributed by atoms with Gasteiger partial charge in [0.05, 0.1) is 18.3 Å². The van der Waals surface area contributed by atoms with E-state index >= 15 is 0 Å². The Kier molecular flexibility index (Phi) is 3.33. The Labute approximate surface area is 114 Å². The summed E-state index contributed by atoms with van der Waals surface area (Å²) in [6.07, 6.45) is 1.81. The summed E-state index contributed by atoms with van der Waals surface area (Å²) in [5.74, 6) is 0.161. The summed E-state index contributed by atoms with van der Waals surface area (Å²) >= 11 is 0. The zero-order valence-electron chi connectivity index (χ0n) is 10.5. The largest absolute Gasteiger partial charge is 0.435 e. The molecular formula is C15H12F2N2O. The van der Waals surface area contributed by atoms with Gasteiger partial charge in [-0.2, -0.15) is 13.9 Å². The second-order valence-electron chi connectivity index (χ2n) is 4.38. The van der Waals surface area contributed by atoms with E-state index in [4.69, 9.17) is 0 Å². The topological polar surface area (TPSA) is 27.1 Å². The standard InChI is InChI=1S/C15H12F2N2O/c16-15(17)20-13-7-5-11(6-8-13)10-19-14-4-2-1-3-12(14)9-18-19/h1-9,15H,10H2. The molecule has 0 saturated carbocycles. The smallest absolute Gasteiger partial charge is 0.387 e. The van der Waals surface area contributed by atoms with E-state index in [0.717, 1.165) is 16.5 Å². The van der Waals surface area contributed by atoms with Crippen molar-refractivity contribution in [2.45, 2.75) is 13.2 Å². The van der Waals surface area contributed by atoms with E-state index in [-0.39, 0.29) is 5.75 Å². The van der Waals surface area contributed by atoms with Gasteiger partial charge in [0.1, 0.15) is 5.75 Å². The van der Waals surface area contributed by atoms with Crippen molar-refractivity contribution in [1.29, 1.82) is 0 Å². The molecule has 0 saturated heterocycles. The monoisotopic (exact) mass is 274 g/mol. The van der Waals surface area contributed by atoms with Crippen molar-refractivity contribution < 1.29 is 13.5 Å². The van der Waals surface area contributed by atoms with Crippen LogP contribution in [-0.4, -0.2) is 16.4 Å². The van der Waals surface area contributed by atoms with E-state index in [1.807, 2.05) is 35.1 Å². The summed E-state index contributed by atoms with van der Waals surface area (Å²) in [5.41, 5.74) is 2.01. The fourth-order valence-corrected chi connectivity index (χ4v) is 2.10. The van der Waals surface area contributed by atoms with Crippen LogP contribution in [0.1, 0.15) is 5.56 Å². The van der Waals surface area contributed by atoms with Crippen molar-refractivity contribution in [3.8, 4) is 5.75 Å². The highest BCUT2D eigenvalue weighted by molar-refractivity contribution is 5.78. The maximum atomic E-state index is 12.1. The quantitative estimate of drug-likeness (QED) is 0.725. The van der Waals surface area contributed by atoms with Crippen LogP contribution >= 0.6 is 0 Å². The fraction of sp³-hybridized carbons (Fsp3) is 0.133. The molecule has 102 valence electrons. The number of alkyl halides is 2. The van der Waals surface area contributed by atoms with Crippen LogP contribution in [0.2, 0.25) is 0 Å². The highest BCUT2D eigenvalue weighted by Crippen LogP contribution is 2.18. The number of para-hydroxylation sites is 1. The second kappa shape index (κ2) is 5.28. The lowest BCUT2D eigenvalue weighted by atomic mass is 10.2. The molecule has 1 heterocycles. The molecule has 3 nitrogen and oxygen atoms in total. The maximum absolute atomic E-state index is 12.1. The fourth-order valence-electron chi connectivity index (χ4n) is 2.10. The van der Waals surface area contributed by atoms with Crippen molar-refractivity contribution in [1.82, 2.24) is 9.78 Å². The van der Waals surface area contributed by atoms with Crippen LogP contribution in [0.25, 0.3) is 10.9 Å². The van der Waals surface area contributed by atoms with Crippen LogP contribution in [0.15, 0.2) is 54.7 Å². The summed E-state index contributed by atoms with van der Waals surface area (Å²) < 4.78 is 30.3. The van der Waals surface area contributed by atoms with Gasteiger partial charge in [-0.1, -0.05) is 30.3 Å². The first kappa shape index (κ1) is 12.6. The summed E-state index contributed by atoms with van der Waals surface area (Å²) in [5, 5.41) is 5.40. The molecule has 5 heteroatoms. The van der Waals surface area contributed by atoms with Gasteiger partial charge in [0.2, 0.25) is 0 Å². The molecule has 0 fully saturated rings.